The van der Waals surface area contributed by atoms with E-state index >= 15 is 0 Å². The molecule has 0 saturated carbocycles. The summed E-state index contributed by atoms with van der Waals surface area (Å²) in [7, 11) is 0. The van der Waals surface area contributed by atoms with Crippen LogP contribution < -0.4 is 0 Å². The van der Waals surface area contributed by atoms with Crippen LogP contribution in [-0.2, 0) is 0 Å². The fourth-order valence-corrected chi connectivity index (χ4v) is 1.25. The van der Waals surface area contributed by atoms with Gasteiger partial charge in [0, 0.05) is 6.07 Å². The number of hydrogen-bond acceptors (Lipinski definition) is 4. The van der Waals surface area contributed by atoms with E-state index in [1.54, 1.807) is 12.1 Å². The molecule has 0 fully saturated rings. The van der Waals surface area contributed by atoms with Crippen LogP contribution in [0.25, 0.3) is 11.5 Å². The van der Waals surface area contributed by atoms with Gasteiger partial charge in [0.15, 0.2) is 10.4 Å². The Labute approximate surface area is 86.4 Å². The molecule has 2 rings (SSSR count). The Hall–Kier alpha value is -1.56. The summed E-state index contributed by atoms with van der Waals surface area (Å²) in [6, 6.07) is 4.64. The topological polar surface area (TPSA) is 76.5 Å². The maximum absolute atomic E-state index is 10.5. The Balaban J connectivity index is 2.38. The molecule has 0 radical (unpaired) electrons. The smallest absolute Gasteiger partial charge is 0.374 e. The molecule has 2 aromatic heterocycles. The zero-order chi connectivity index (χ0) is 10.1. The van der Waals surface area contributed by atoms with Crippen molar-refractivity contribution in [3.05, 3.63) is 28.6 Å². The summed E-state index contributed by atoms with van der Waals surface area (Å²) in [5, 5.41) is 12.1. The van der Waals surface area contributed by atoms with Crippen LogP contribution in [0.1, 0.15) is 10.6 Å². The predicted molar refractivity (Wildman–Crippen MR) is 48.9 cm³/mol. The molecule has 0 bridgehead atoms. The predicted octanol–water partition coefficient (Wildman–Crippen LogP) is 2.40. The third kappa shape index (κ3) is 1.56. The highest BCUT2D eigenvalue weighted by atomic mass is 79.9. The Bertz CT molecular complexity index is 473. The molecule has 0 aliphatic rings. The molecule has 0 spiro atoms. The van der Waals surface area contributed by atoms with E-state index in [9.17, 15) is 4.79 Å². The highest BCUT2D eigenvalue weighted by Crippen LogP contribution is 2.24. The third-order valence-electron chi connectivity index (χ3n) is 1.55. The molecule has 0 aromatic carbocycles. The van der Waals surface area contributed by atoms with Crippen LogP contribution in [0.5, 0.6) is 0 Å². The van der Waals surface area contributed by atoms with Gasteiger partial charge in [-0.25, -0.2) is 4.79 Å². The number of nitrogens with zero attached hydrogens (tertiary/aromatic N) is 1. The third-order valence-corrected chi connectivity index (χ3v) is 1.97. The summed E-state index contributed by atoms with van der Waals surface area (Å²) in [5.74, 6) is -0.921. The van der Waals surface area contributed by atoms with Crippen LogP contribution in [0.2, 0.25) is 0 Å². The van der Waals surface area contributed by atoms with Crippen LogP contribution in [0.4, 0.5) is 0 Å². The van der Waals surface area contributed by atoms with Crippen LogP contribution in [0.15, 0.2) is 31.8 Å². The zero-order valence-corrected chi connectivity index (χ0v) is 8.32. The van der Waals surface area contributed by atoms with Gasteiger partial charge in [-0.15, -0.1) is 0 Å². The highest BCUT2D eigenvalue weighted by Gasteiger charge is 2.14. The van der Waals surface area contributed by atoms with Gasteiger partial charge in [0.2, 0.25) is 5.76 Å². The standard InChI is InChI=1S/C8H4BrNO4/c9-7-2-1-5(13-7)4-3-6(8(11)12)14-10-4/h1-3H,(H,11,12). The zero-order valence-electron chi connectivity index (χ0n) is 6.73. The van der Waals surface area contributed by atoms with E-state index in [2.05, 4.69) is 25.6 Å². The molecule has 0 aliphatic carbocycles. The Morgan fingerprint density at radius 1 is 1.50 bits per heavy atom. The number of aromatic carboxylic acids is 1. The lowest BCUT2D eigenvalue weighted by Gasteiger charge is -1.84. The molecule has 5 nitrogen and oxygen atoms in total. The first kappa shape index (κ1) is 9.01. The van der Waals surface area contributed by atoms with Gasteiger partial charge >= 0.3 is 5.97 Å². The maximum Gasteiger partial charge on any atom is 0.374 e. The number of furan rings is 1. The molecule has 6 heteroatoms. The number of carboxylic acid groups (broad SMARTS) is 1. The fourth-order valence-electron chi connectivity index (χ4n) is 0.944. The van der Waals surface area contributed by atoms with Crippen LogP contribution in [0.3, 0.4) is 0 Å². The molecular formula is C8H4BrNO4. The molecule has 0 saturated heterocycles. The second kappa shape index (κ2) is 3.30. The van der Waals surface area contributed by atoms with Crippen molar-refractivity contribution in [3.8, 4) is 11.5 Å². The Kier molecular flexibility index (Phi) is 2.12. The average molecular weight is 258 g/mol. The van der Waals surface area contributed by atoms with E-state index in [-0.39, 0.29) is 5.76 Å². The fraction of sp³-hybridized carbons (Fsp3) is 0. The molecule has 2 aromatic rings. The molecule has 2 heterocycles. The molecule has 1 N–H and O–H groups in total. The second-order valence-corrected chi connectivity index (χ2v) is 3.27. The normalized spacial score (nSPS) is 10.4. The number of hydrogen-bond donors (Lipinski definition) is 1. The highest BCUT2D eigenvalue weighted by molar-refractivity contribution is 9.10. The number of carboxylic acids is 1. The number of aromatic nitrogens is 1. The maximum atomic E-state index is 10.5. The summed E-state index contributed by atoms with van der Waals surface area (Å²) in [5.41, 5.74) is 0.355. The van der Waals surface area contributed by atoms with Gasteiger partial charge in [-0.05, 0) is 28.1 Å². The molecule has 0 unspecified atom stereocenters. The number of rotatable bonds is 2. The van der Waals surface area contributed by atoms with E-state index in [0.29, 0.717) is 16.1 Å². The first-order valence-corrected chi connectivity index (χ1v) is 4.42. The summed E-state index contributed by atoms with van der Waals surface area (Å²) in [4.78, 5) is 10.5. The molecular weight excluding hydrogens is 254 g/mol. The van der Waals surface area contributed by atoms with E-state index in [1.165, 1.54) is 6.07 Å². The lowest BCUT2D eigenvalue weighted by atomic mass is 10.3. The molecule has 0 aliphatic heterocycles. The minimum Gasteiger partial charge on any atom is -0.475 e. The first-order valence-electron chi connectivity index (χ1n) is 3.62. The van der Waals surface area contributed by atoms with Gasteiger partial charge in [-0.3, -0.25) is 0 Å². The molecule has 0 amide bonds. The summed E-state index contributed by atoms with van der Waals surface area (Å²) < 4.78 is 10.3. The lowest BCUT2D eigenvalue weighted by molar-refractivity contribution is 0.0652. The van der Waals surface area contributed by atoms with Crippen molar-refractivity contribution in [2.75, 3.05) is 0 Å². The van der Waals surface area contributed by atoms with Crippen molar-refractivity contribution >= 4 is 21.9 Å². The van der Waals surface area contributed by atoms with Crippen LogP contribution in [-0.4, -0.2) is 16.2 Å². The van der Waals surface area contributed by atoms with Gasteiger partial charge < -0.3 is 14.0 Å². The van der Waals surface area contributed by atoms with Gasteiger partial charge in [-0.2, -0.15) is 0 Å². The van der Waals surface area contributed by atoms with E-state index < -0.39 is 5.97 Å². The largest absolute Gasteiger partial charge is 0.475 e. The Morgan fingerprint density at radius 3 is 2.79 bits per heavy atom. The average Bonchev–Trinajstić information content (AvgIpc) is 2.70. The van der Waals surface area contributed by atoms with E-state index in [0.717, 1.165) is 0 Å². The molecule has 72 valence electrons. The number of carbonyl (C=O) groups is 1. The summed E-state index contributed by atoms with van der Waals surface area (Å²) in [6.45, 7) is 0. The van der Waals surface area contributed by atoms with Crippen molar-refractivity contribution < 1.29 is 18.8 Å². The van der Waals surface area contributed by atoms with Gasteiger partial charge in [0.25, 0.3) is 0 Å². The van der Waals surface area contributed by atoms with Crippen molar-refractivity contribution in [3.63, 3.8) is 0 Å². The van der Waals surface area contributed by atoms with Gasteiger partial charge in [-0.1, -0.05) is 5.16 Å². The SMILES string of the molecule is O=C(O)c1cc(-c2ccc(Br)o2)no1. The van der Waals surface area contributed by atoms with Crippen molar-refractivity contribution in [1.29, 1.82) is 0 Å². The lowest BCUT2D eigenvalue weighted by Crippen LogP contribution is -1.91. The minimum atomic E-state index is -1.16. The molecule has 14 heavy (non-hydrogen) atoms. The number of halogens is 1. The van der Waals surface area contributed by atoms with Gasteiger partial charge in [0.05, 0.1) is 0 Å². The second-order valence-electron chi connectivity index (χ2n) is 2.49. The van der Waals surface area contributed by atoms with E-state index in [1.807, 2.05) is 0 Å². The van der Waals surface area contributed by atoms with Crippen LogP contribution in [0, 0.1) is 0 Å². The van der Waals surface area contributed by atoms with Crippen LogP contribution >= 0.6 is 15.9 Å². The summed E-state index contributed by atoms with van der Waals surface area (Å²) >= 11 is 3.12. The first-order chi connectivity index (χ1) is 6.66. The van der Waals surface area contributed by atoms with Crippen molar-refractivity contribution in [2.45, 2.75) is 0 Å². The van der Waals surface area contributed by atoms with Crippen molar-refractivity contribution in [2.24, 2.45) is 0 Å². The minimum absolute atomic E-state index is 0.215. The van der Waals surface area contributed by atoms with Crippen molar-refractivity contribution in [1.82, 2.24) is 5.16 Å². The quantitative estimate of drug-likeness (QED) is 0.894. The summed E-state index contributed by atoms with van der Waals surface area (Å²) in [6.07, 6.45) is 0. The van der Waals surface area contributed by atoms with E-state index in [4.69, 9.17) is 9.52 Å². The van der Waals surface area contributed by atoms with Gasteiger partial charge in [0.1, 0.15) is 5.69 Å². The Morgan fingerprint density at radius 2 is 2.29 bits per heavy atom. The molecule has 0 atom stereocenters. The monoisotopic (exact) mass is 257 g/mol.